The second-order valence-corrected chi connectivity index (χ2v) is 6.11. The Morgan fingerprint density at radius 1 is 0.963 bits per heavy atom. The third kappa shape index (κ3) is 4.14. The zero-order valence-electron chi connectivity index (χ0n) is 13.1. The number of alkyl halides is 6. The van der Waals surface area contributed by atoms with Crippen LogP contribution < -0.4 is 10.1 Å². The molecule has 1 atom stereocenters. The number of fused-ring (bicyclic) bond motifs is 1. The van der Waals surface area contributed by atoms with Crippen LogP contribution >= 0.6 is 11.6 Å². The van der Waals surface area contributed by atoms with Gasteiger partial charge >= 0.3 is 18.3 Å². The van der Waals surface area contributed by atoms with Crippen molar-refractivity contribution in [3.8, 4) is 5.75 Å². The molecule has 27 heavy (non-hydrogen) atoms. The van der Waals surface area contributed by atoms with Crippen molar-refractivity contribution in [3.63, 3.8) is 0 Å². The van der Waals surface area contributed by atoms with E-state index in [0.717, 1.165) is 6.08 Å². The van der Waals surface area contributed by atoms with Gasteiger partial charge in [0.05, 0.1) is 16.1 Å². The molecular weight excluding hydrogens is 400 g/mol. The minimum Gasteiger partial charge on any atom is -0.440 e. The Balaban J connectivity index is 1.98. The van der Waals surface area contributed by atoms with Gasteiger partial charge in [-0.1, -0.05) is 17.7 Å². The molecule has 10 heteroatoms. The third-order valence-corrected chi connectivity index (χ3v) is 4.00. The van der Waals surface area contributed by atoms with E-state index in [2.05, 4.69) is 5.32 Å². The van der Waals surface area contributed by atoms with Crippen LogP contribution in [0.3, 0.4) is 0 Å². The van der Waals surface area contributed by atoms with E-state index in [1.54, 1.807) is 6.07 Å². The smallest absolute Gasteiger partial charge is 0.416 e. The maximum Gasteiger partial charge on any atom is 0.416 e. The van der Waals surface area contributed by atoms with Crippen LogP contribution in [0.25, 0.3) is 6.08 Å². The molecule has 1 aliphatic heterocycles. The van der Waals surface area contributed by atoms with Gasteiger partial charge in [0.25, 0.3) is 0 Å². The van der Waals surface area contributed by atoms with Gasteiger partial charge in [-0.3, -0.25) is 0 Å². The van der Waals surface area contributed by atoms with Gasteiger partial charge in [0.15, 0.2) is 0 Å². The largest absolute Gasteiger partial charge is 0.440 e. The van der Waals surface area contributed by atoms with Gasteiger partial charge in [-0.05, 0) is 36.4 Å². The summed E-state index contributed by atoms with van der Waals surface area (Å²) in [6.07, 6.45) is -7.66. The van der Waals surface area contributed by atoms with Crippen LogP contribution in [-0.2, 0) is 12.4 Å². The summed E-state index contributed by atoms with van der Waals surface area (Å²) in [5.74, 6) is -2.27. The molecule has 1 heterocycles. The summed E-state index contributed by atoms with van der Waals surface area (Å²) in [4.78, 5) is 0. The highest BCUT2D eigenvalue weighted by molar-refractivity contribution is 6.32. The minimum absolute atomic E-state index is 0.0120. The first-order valence-electron chi connectivity index (χ1n) is 7.34. The molecule has 0 radical (unpaired) electrons. The SMILES string of the molecule is OC1(Nc2cc(C(F)(F)F)cc(C(F)(F)F)c2)C=Cc2c(Cl)cccc2O1. The lowest BCUT2D eigenvalue weighted by Crippen LogP contribution is -2.43. The number of anilines is 1. The fourth-order valence-corrected chi connectivity index (χ4v) is 2.70. The average molecular weight is 410 g/mol. The van der Waals surface area contributed by atoms with Crippen molar-refractivity contribution in [2.45, 2.75) is 18.3 Å². The fraction of sp³-hybridized carbons (Fsp3) is 0.176. The lowest BCUT2D eigenvalue weighted by Gasteiger charge is -2.31. The van der Waals surface area contributed by atoms with Gasteiger partial charge in [0, 0.05) is 17.3 Å². The molecule has 0 saturated heterocycles. The number of aliphatic hydroxyl groups is 1. The number of rotatable bonds is 2. The quantitative estimate of drug-likeness (QED) is 0.505. The number of benzene rings is 2. The molecule has 2 aromatic carbocycles. The maximum atomic E-state index is 12.9. The highest BCUT2D eigenvalue weighted by atomic mass is 35.5. The van der Waals surface area contributed by atoms with E-state index in [0.29, 0.717) is 22.7 Å². The fourth-order valence-electron chi connectivity index (χ4n) is 2.47. The van der Waals surface area contributed by atoms with E-state index >= 15 is 0 Å². The monoisotopic (exact) mass is 409 g/mol. The average Bonchev–Trinajstić information content (AvgIpc) is 2.52. The Labute approximate surface area is 153 Å². The molecular formula is C17H10ClF6NO2. The van der Waals surface area contributed by atoms with Crippen LogP contribution in [-0.4, -0.2) is 11.0 Å². The third-order valence-electron chi connectivity index (χ3n) is 3.67. The predicted octanol–water partition coefficient (Wildman–Crippen LogP) is 5.54. The van der Waals surface area contributed by atoms with E-state index in [1.165, 1.54) is 18.2 Å². The summed E-state index contributed by atoms with van der Waals surface area (Å²) in [7, 11) is 0. The molecule has 3 rings (SSSR count). The van der Waals surface area contributed by atoms with E-state index in [4.69, 9.17) is 16.3 Å². The molecule has 1 aliphatic rings. The van der Waals surface area contributed by atoms with Crippen LogP contribution in [0.2, 0.25) is 5.02 Å². The standard InChI is InChI=1S/C17H10ClF6NO2/c18-13-2-1-3-14-12(13)4-5-15(26,27-14)25-11-7-9(16(19,20)21)6-10(8-11)17(22,23)24/h1-8,25-26H. The first-order valence-corrected chi connectivity index (χ1v) is 7.72. The second kappa shape index (κ2) is 6.35. The number of hydrogen-bond donors (Lipinski definition) is 2. The second-order valence-electron chi connectivity index (χ2n) is 5.70. The van der Waals surface area contributed by atoms with Gasteiger partial charge in [-0.2, -0.15) is 26.3 Å². The molecule has 2 aromatic rings. The van der Waals surface area contributed by atoms with Gasteiger partial charge in [-0.15, -0.1) is 0 Å². The summed E-state index contributed by atoms with van der Waals surface area (Å²) in [5.41, 5.74) is -3.27. The molecule has 0 amide bonds. The lowest BCUT2D eigenvalue weighted by atomic mass is 10.1. The van der Waals surface area contributed by atoms with Gasteiger partial charge in [-0.25, -0.2) is 0 Å². The number of halogens is 7. The Hall–Kier alpha value is -2.39. The molecule has 0 bridgehead atoms. The normalized spacial score (nSPS) is 19.4. The van der Waals surface area contributed by atoms with E-state index in [-0.39, 0.29) is 11.8 Å². The molecule has 144 valence electrons. The van der Waals surface area contributed by atoms with E-state index in [1.807, 2.05) is 0 Å². The lowest BCUT2D eigenvalue weighted by molar-refractivity contribution is -0.143. The van der Waals surface area contributed by atoms with Crippen LogP contribution in [0.5, 0.6) is 5.75 Å². The van der Waals surface area contributed by atoms with Crippen LogP contribution in [0.1, 0.15) is 16.7 Å². The Bertz CT molecular complexity index is 877. The summed E-state index contributed by atoms with van der Waals surface area (Å²) in [5, 5.41) is 12.9. The van der Waals surface area contributed by atoms with Crippen LogP contribution in [0.4, 0.5) is 32.0 Å². The van der Waals surface area contributed by atoms with Gasteiger partial charge in [0.1, 0.15) is 5.75 Å². The number of hydrogen-bond acceptors (Lipinski definition) is 3. The number of ether oxygens (including phenoxy) is 1. The Morgan fingerprint density at radius 2 is 1.56 bits per heavy atom. The molecule has 2 N–H and O–H groups in total. The Kier molecular flexibility index (Phi) is 4.55. The van der Waals surface area contributed by atoms with Gasteiger partial charge in [0.2, 0.25) is 0 Å². The first-order chi connectivity index (χ1) is 12.4. The topological polar surface area (TPSA) is 41.5 Å². The molecule has 0 aliphatic carbocycles. The van der Waals surface area contributed by atoms with E-state index in [9.17, 15) is 31.4 Å². The predicted molar refractivity (Wildman–Crippen MR) is 86.1 cm³/mol. The van der Waals surface area contributed by atoms with Crippen molar-refractivity contribution in [1.29, 1.82) is 0 Å². The van der Waals surface area contributed by atoms with Crippen molar-refractivity contribution in [3.05, 3.63) is 64.2 Å². The zero-order chi connectivity index (χ0) is 20.0. The molecule has 0 spiro atoms. The summed E-state index contributed by atoms with van der Waals surface area (Å²) in [6, 6.07) is 5.36. The van der Waals surface area contributed by atoms with Crippen molar-refractivity contribution in [1.82, 2.24) is 0 Å². The minimum atomic E-state index is -5.01. The molecule has 3 nitrogen and oxygen atoms in total. The van der Waals surface area contributed by atoms with Crippen LogP contribution in [0.15, 0.2) is 42.5 Å². The summed E-state index contributed by atoms with van der Waals surface area (Å²) >= 11 is 5.95. The highest BCUT2D eigenvalue weighted by Crippen LogP contribution is 2.39. The maximum absolute atomic E-state index is 12.9. The zero-order valence-corrected chi connectivity index (χ0v) is 13.9. The molecule has 0 saturated carbocycles. The number of nitrogens with one attached hydrogen (secondary N) is 1. The van der Waals surface area contributed by atoms with Crippen molar-refractivity contribution in [2.75, 3.05) is 5.32 Å². The summed E-state index contributed by atoms with van der Waals surface area (Å²) in [6.45, 7) is 0. The Morgan fingerprint density at radius 3 is 2.11 bits per heavy atom. The summed E-state index contributed by atoms with van der Waals surface area (Å²) < 4.78 is 82.9. The highest BCUT2D eigenvalue weighted by Gasteiger charge is 2.38. The molecule has 0 aromatic heterocycles. The van der Waals surface area contributed by atoms with Crippen molar-refractivity contribution in [2.24, 2.45) is 0 Å². The van der Waals surface area contributed by atoms with Crippen LogP contribution in [0, 0.1) is 0 Å². The molecule has 1 unspecified atom stereocenters. The van der Waals surface area contributed by atoms with Crippen molar-refractivity contribution >= 4 is 23.4 Å². The van der Waals surface area contributed by atoms with E-state index < -0.39 is 35.1 Å². The van der Waals surface area contributed by atoms with Gasteiger partial charge < -0.3 is 15.2 Å². The molecule has 0 fully saturated rings. The van der Waals surface area contributed by atoms with Crippen molar-refractivity contribution < 1.29 is 36.2 Å². The first kappa shape index (κ1) is 19.4.